The third-order valence-corrected chi connectivity index (χ3v) is 5.64. The van der Waals surface area contributed by atoms with Crippen LogP contribution in [0, 0.1) is 5.92 Å². The molecule has 5 atom stereocenters. The molecule has 0 aromatic rings. The van der Waals surface area contributed by atoms with Crippen molar-refractivity contribution in [2.24, 2.45) is 5.92 Å². The minimum absolute atomic E-state index is 0.0346. The number of ether oxygens (including phenoxy) is 4. The van der Waals surface area contributed by atoms with E-state index in [9.17, 15) is 0 Å². The summed E-state index contributed by atoms with van der Waals surface area (Å²) in [6.45, 7) is 14.2. The van der Waals surface area contributed by atoms with Gasteiger partial charge >= 0.3 is 0 Å². The third-order valence-electron chi connectivity index (χ3n) is 5.64. The summed E-state index contributed by atoms with van der Waals surface area (Å²) in [5.74, 6) is 0.547. The summed E-state index contributed by atoms with van der Waals surface area (Å²) >= 11 is 0. The monoisotopic (exact) mass is 336 g/mol. The van der Waals surface area contributed by atoms with E-state index in [2.05, 4.69) is 27.0 Å². The first-order valence-electron chi connectivity index (χ1n) is 9.43. The molecule has 3 aliphatic rings. The van der Waals surface area contributed by atoms with Crippen LogP contribution in [-0.4, -0.2) is 43.9 Å². The Kier molecular flexibility index (Phi) is 6.14. The SMILES string of the molecule is C=C1C[C@H](CCC2OCCO2)O[C@H]1CC[C@H]1CC(C)C(=C)[C@@H](C)O1. The van der Waals surface area contributed by atoms with E-state index in [1.807, 2.05) is 0 Å². The molecule has 3 rings (SSSR count). The van der Waals surface area contributed by atoms with Crippen molar-refractivity contribution in [3.63, 3.8) is 0 Å². The van der Waals surface area contributed by atoms with Crippen molar-refractivity contribution < 1.29 is 18.9 Å². The van der Waals surface area contributed by atoms with E-state index in [0.29, 0.717) is 12.0 Å². The molecule has 0 saturated carbocycles. The molecule has 0 aliphatic carbocycles. The first-order valence-corrected chi connectivity index (χ1v) is 9.43. The quantitative estimate of drug-likeness (QED) is 0.687. The van der Waals surface area contributed by atoms with Crippen molar-refractivity contribution in [3.8, 4) is 0 Å². The molecule has 1 unspecified atom stereocenters. The van der Waals surface area contributed by atoms with Gasteiger partial charge in [0.1, 0.15) is 0 Å². The van der Waals surface area contributed by atoms with Gasteiger partial charge in [-0.15, -0.1) is 0 Å². The summed E-state index contributed by atoms with van der Waals surface area (Å²) in [4.78, 5) is 0. The van der Waals surface area contributed by atoms with Gasteiger partial charge in [-0.25, -0.2) is 0 Å². The molecule has 4 heteroatoms. The van der Waals surface area contributed by atoms with E-state index in [1.165, 1.54) is 11.1 Å². The second-order valence-electron chi connectivity index (χ2n) is 7.55. The van der Waals surface area contributed by atoms with Gasteiger partial charge in [0, 0.05) is 6.42 Å². The maximum absolute atomic E-state index is 6.22. The Hall–Kier alpha value is -0.680. The first-order chi connectivity index (χ1) is 11.5. The predicted octanol–water partition coefficient (Wildman–Crippen LogP) is 4.00. The zero-order chi connectivity index (χ0) is 17.1. The van der Waals surface area contributed by atoms with Crippen LogP contribution in [0.15, 0.2) is 24.3 Å². The molecule has 0 spiro atoms. The van der Waals surface area contributed by atoms with Gasteiger partial charge in [0.05, 0.1) is 37.6 Å². The highest BCUT2D eigenvalue weighted by atomic mass is 16.7. The molecule has 3 fully saturated rings. The molecule has 0 amide bonds. The van der Waals surface area contributed by atoms with Gasteiger partial charge in [0.25, 0.3) is 0 Å². The summed E-state index contributed by atoms with van der Waals surface area (Å²) in [6.07, 6.45) is 6.86. The van der Waals surface area contributed by atoms with Crippen LogP contribution < -0.4 is 0 Å². The van der Waals surface area contributed by atoms with Gasteiger partial charge in [-0.2, -0.15) is 0 Å². The van der Waals surface area contributed by atoms with Crippen molar-refractivity contribution >= 4 is 0 Å². The van der Waals surface area contributed by atoms with E-state index < -0.39 is 0 Å². The van der Waals surface area contributed by atoms with Crippen molar-refractivity contribution in [1.29, 1.82) is 0 Å². The number of hydrogen-bond acceptors (Lipinski definition) is 4. The molecule has 0 radical (unpaired) electrons. The zero-order valence-electron chi connectivity index (χ0n) is 15.2. The standard InChI is InChI=1S/C20H32O4/c1-13-11-17(23-16(4)15(13)3)5-7-19-14(2)12-18(24-19)6-8-20-21-9-10-22-20/h13,16-20H,2-3,5-12H2,1,4H3/t13?,16-,17+,18+,19+/m1/s1. The molecule has 4 nitrogen and oxygen atoms in total. The normalized spacial score (nSPS) is 38.2. The Balaban J connectivity index is 1.39. The highest BCUT2D eigenvalue weighted by Gasteiger charge is 2.32. The summed E-state index contributed by atoms with van der Waals surface area (Å²) in [5.41, 5.74) is 2.46. The first kappa shape index (κ1) is 18.1. The molecule has 3 aliphatic heterocycles. The molecule has 3 saturated heterocycles. The lowest BCUT2D eigenvalue weighted by Gasteiger charge is -2.34. The fourth-order valence-electron chi connectivity index (χ4n) is 4.04. The molecule has 0 bridgehead atoms. The lowest BCUT2D eigenvalue weighted by atomic mass is 9.87. The fourth-order valence-corrected chi connectivity index (χ4v) is 4.04. The summed E-state index contributed by atoms with van der Waals surface area (Å²) in [5, 5.41) is 0. The Labute approximate surface area is 146 Å². The fraction of sp³-hybridized carbons (Fsp3) is 0.800. The Morgan fingerprint density at radius 3 is 2.33 bits per heavy atom. The average molecular weight is 336 g/mol. The highest BCUT2D eigenvalue weighted by Crippen LogP contribution is 2.34. The molecule has 24 heavy (non-hydrogen) atoms. The molecular formula is C20H32O4. The summed E-state index contributed by atoms with van der Waals surface area (Å²) in [6, 6.07) is 0. The number of hydrogen-bond donors (Lipinski definition) is 0. The van der Waals surface area contributed by atoms with Crippen molar-refractivity contribution in [2.45, 2.75) is 83.1 Å². The maximum Gasteiger partial charge on any atom is 0.157 e. The van der Waals surface area contributed by atoms with E-state index in [1.54, 1.807) is 0 Å². The molecule has 0 aromatic carbocycles. The van der Waals surface area contributed by atoms with Crippen LogP contribution in [0.4, 0.5) is 0 Å². The Morgan fingerprint density at radius 1 is 0.917 bits per heavy atom. The van der Waals surface area contributed by atoms with E-state index in [4.69, 9.17) is 18.9 Å². The largest absolute Gasteiger partial charge is 0.371 e. The Morgan fingerprint density at radius 2 is 1.62 bits per heavy atom. The van der Waals surface area contributed by atoms with Crippen LogP contribution in [0.3, 0.4) is 0 Å². The van der Waals surface area contributed by atoms with E-state index in [-0.39, 0.29) is 24.6 Å². The second-order valence-corrected chi connectivity index (χ2v) is 7.55. The molecule has 136 valence electrons. The maximum atomic E-state index is 6.22. The lowest BCUT2D eigenvalue weighted by molar-refractivity contribution is -0.0607. The van der Waals surface area contributed by atoms with Crippen molar-refractivity contribution in [3.05, 3.63) is 24.3 Å². The van der Waals surface area contributed by atoms with Gasteiger partial charge in [-0.1, -0.05) is 20.1 Å². The van der Waals surface area contributed by atoms with Crippen LogP contribution in [-0.2, 0) is 18.9 Å². The van der Waals surface area contributed by atoms with E-state index >= 15 is 0 Å². The lowest BCUT2D eigenvalue weighted by Crippen LogP contribution is -2.32. The number of rotatable bonds is 6. The van der Waals surface area contributed by atoms with Crippen LogP contribution in [0.5, 0.6) is 0 Å². The predicted molar refractivity (Wildman–Crippen MR) is 93.8 cm³/mol. The third kappa shape index (κ3) is 4.48. The van der Waals surface area contributed by atoms with Crippen molar-refractivity contribution in [1.82, 2.24) is 0 Å². The van der Waals surface area contributed by atoms with Crippen LogP contribution in [0.2, 0.25) is 0 Å². The zero-order valence-corrected chi connectivity index (χ0v) is 15.2. The highest BCUT2D eigenvalue weighted by molar-refractivity contribution is 5.11. The molecule has 0 aromatic heterocycles. The van der Waals surface area contributed by atoms with E-state index in [0.717, 1.165) is 51.7 Å². The van der Waals surface area contributed by atoms with Gasteiger partial charge in [0.15, 0.2) is 6.29 Å². The van der Waals surface area contributed by atoms with Gasteiger partial charge in [-0.3, -0.25) is 0 Å². The summed E-state index contributed by atoms with van der Waals surface area (Å²) < 4.78 is 23.3. The summed E-state index contributed by atoms with van der Waals surface area (Å²) in [7, 11) is 0. The second kappa shape index (κ2) is 8.13. The smallest absolute Gasteiger partial charge is 0.157 e. The van der Waals surface area contributed by atoms with Crippen LogP contribution >= 0.6 is 0 Å². The van der Waals surface area contributed by atoms with Gasteiger partial charge < -0.3 is 18.9 Å². The molecule has 3 heterocycles. The van der Waals surface area contributed by atoms with Crippen LogP contribution in [0.1, 0.15) is 52.4 Å². The minimum atomic E-state index is -0.0346. The molecular weight excluding hydrogens is 304 g/mol. The topological polar surface area (TPSA) is 36.9 Å². The Bertz CT molecular complexity index is 441. The minimum Gasteiger partial charge on any atom is -0.371 e. The van der Waals surface area contributed by atoms with Crippen LogP contribution in [0.25, 0.3) is 0 Å². The van der Waals surface area contributed by atoms with Gasteiger partial charge in [0.2, 0.25) is 0 Å². The van der Waals surface area contributed by atoms with Crippen molar-refractivity contribution in [2.75, 3.05) is 13.2 Å². The average Bonchev–Trinajstić information content (AvgIpc) is 3.18. The van der Waals surface area contributed by atoms with Gasteiger partial charge in [-0.05, 0) is 56.1 Å². The molecule has 0 N–H and O–H groups in total.